The zero-order valence-corrected chi connectivity index (χ0v) is 12.4. The Balaban J connectivity index is 1.90. The summed E-state index contributed by atoms with van der Waals surface area (Å²) in [5.41, 5.74) is -0.500. The highest BCUT2D eigenvalue weighted by molar-refractivity contribution is 7.89. The van der Waals surface area contributed by atoms with Gasteiger partial charge in [0.05, 0.1) is 0 Å². The third-order valence-electron chi connectivity index (χ3n) is 3.78. The first-order valence-corrected chi connectivity index (χ1v) is 8.36. The van der Waals surface area contributed by atoms with Gasteiger partial charge >= 0.3 is 0 Å². The van der Waals surface area contributed by atoms with Gasteiger partial charge in [-0.15, -0.1) is 0 Å². The number of rotatable bonds is 6. The lowest BCUT2D eigenvalue weighted by Gasteiger charge is -2.23. The third-order valence-corrected chi connectivity index (χ3v) is 5.26. The monoisotopic (exact) mass is 299 g/mol. The summed E-state index contributed by atoms with van der Waals surface area (Å²) < 4.78 is 26.5. The molecule has 2 N–H and O–H groups in total. The summed E-state index contributed by atoms with van der Waals surface area (Å²) in [6.07, 6.45) is 7.49. The second-order valence-corrected chi connectivity index (χ2v) is 6.92. The van der Waals surface area contributed by atoms with E-state index in [1.807, 2.05) is 7.05 Å². The minimum absolute atomic E-state index is 0.233. The summed E-state index contributed by atoms with van der Waals surface area (Å²) in [5.74, 6) is 0. The van der Waals surface area contributed by atoms with Crippen LogP contribution in [0.15, 0.2) is 28.2 Å². The van der Waals surface area contributed by atoms with Crippen molar-refractivity contribution in [2.45, 2.75) is 36.6 Å². The molecular formula is C13H21N3O3S. The van der Waals surface area contributed by atoms with Gasteiger partial charge in [-0.1, -0.05) is 12.8 Å². The number of nitrogens with zero attached hydrogens (tertiary/aromatic N) is 1. The van der Waals surface area contributed by atoms with E-state index in [9.17, 15) is 13.2 Å². The van der Waals surface area contributed by atoms with E-state index in [-0.39, 0.29) is 4.90 Å². The molecule has 0 atom stereocenters. The van der Waals surface area contributed by atoms with E-state index in [4.69, 9.17) is 0 Å². The second kappa shape index (κ2) is 6.51. The number of nitrogens with one attached hydrogen (secondary N) is 2. The fourth-order valence-electron chi connectivity index (χ4n) is 2.57. The molecule has 7 heteroatoms. The summed E-state index contributed by atoms with van der Waals surface area (Å²) in [5, 5.41) is 0. The van der Waals surface area contributed by atoms with Gasteiger partial charge in [-0.05, 0) is 19.9 Å². The first kappa shape index (κ1) is 15.2. The van der Waals surface area contributed by atoms with Crippen molar-refractivity contribution in [1.29, 1.82) is 0 Å². The van der Waals surface area contributed by atoms with Gasteiger partial charge < -0.3 is 9.88 Å². The minimum atomic E-state index is -3.73. The Morgan fingerprint density at radius 2 is 2.10 bits per heavy atom. The fourth-order valence-corrected chi connectivity index (χ4v) is 3.64. The molecule has 0 aromatic carbocycles. The summed E-state index contributed by atoms with van der Waals surface area (Å²) in [6.45, 7) is 0.957. The van der Waals surface area contributed by atoms with Crippen molar-refractivity contribution in [1.82, 2.24) is 14.6 Å². The van der Waals surface area contributed by atoms with Crippen LogP contribution in [0.5, 0.6) is 0 Å². The smallest absolute Gasteiger partial charge is 0.245 e. The topological polar surface area (TPSA) is 82.3 Å². The Hall–Kier alpha value is -1.18. The van der Waals surface area contributed by atoms with Gasteiger partial charge in [0.25, 0.3) is 0 Å². The van der Waals surface area contributed by atoms with E-state index in [0.29, 0.717) is 19.1 Å². The number of hydrogen-bond acceptors (Lipinski definition) is 4. The van der Waals surface area contributed by atoms with Crippen molar-refractivity contribution < 1.29 is 8.42 Å². The van der Waals surface area contributed by atoms with Crippen LogP contribution in [0, 0.1) is 0 Å². The van der Waals surface area contributed by atoms with Crippen LogP contribution >= 0.6 is 0 Å². The second-order valence-electron chi connectivity index (χ2n) is 5.19. The molecule has 0 amide bonds. The number of aromatic amines is 1. The molecule has 0 radical (unpaired) electrons. The van der Waals surface area contributed by atoms with Gasteiger partial charge in [0.1, 0.15) is 4.90 Å². The Morgan fingerprint density at radius 3 is 2.75 bits per heavy atom. The number of hydrogen-bond donors (Lipinski definition) is 2. The van der Waals surface area contributed by atoms with E-state index >= 15 is 0 Å². The highest BCUT2D eigenvalue weighted by atomic mass is 32.2. The van der Waals surface area contributed by atoms with E-state index < -0.39 is 15.5 Å². The first-order chi connectivity index (χ1) is 9.50. The molecule has 1 aromatic rings. The van der Waals surface area contributed by atoms with Gasteiger partial charge in [-0.2, -0.15) is 0 Å². The summed E-state index contributed by atoms with van der Waals surface area (Å²) in [7, 11) is -1.72. The van der Waals surface area contributed by atoms with Gasteiger partial charge in [0, 0.05) is 37.6 Å². The van der Waals surface area contributed by atoms with Crippen LogP contribution in [0.3, 0.4) is 0 Å². The average molecular weight is 299 g/mol. The molecule has 1 aliphatic carbocycles. The molecule has 0 aliphatic heterocycles. The van der Waals surface area contributed by atoms with Crippen LogP contribution < -0.4 is 10.2 Å². The van der Waals surface area contributed by atoms with Gasteiger partial charge in [-0.25, -0.2) is 13.1 Å². The number of sulfonamides is 1. The number of likely N-dealkylation sites (N-methyl/N-ethyl adjacent to an activating group) is 1. The van der Waals surface area contributed by atoms with Crippen molar-refractivity contribution in [3.8, 4) is 0 Å². The fraction of sp³-hybridized carbons (Fsp3) is 0.615. The maximum Gasteiger partial charge on any atom is 0.245 e. The molecule has 2 rings (SSSR count). The molecule has 1 heterocycles. The lowest BCUT2D eigenvalue weighted by molar-refractivity contribution is 0.250. The zero-order chi connectivity index (χ0) is 14.6. The molecule has 0 bridgehead atoms. The SMILES string of the molecule is CN(CCNS(=O)(=O)c1c[nH]ccc1=O)C1CCCC1. The normalized spacial score (nSPS) is 16.9. The van der Waals surface area contributed by atoms with Crippen molar-refractivity contribution >= 4 is 10.0 Å². The van der Waals surface area contributed by atoms with Gasteiger partial charge in [0.2, 0.25) is 15.5 Å². The Morgan fingerprint density at radius 1 is 1.40 bits per heavy atom. The predicted molar refractivity (Wildman–Crippen MR) is 77.1 cm³/mol. The van der Waals surface area contributed by atoms with Crippen molar-refractivity contribution in [2.24, 2.45) is 0 Å². The Labute approximate surface area is 119 Å². The zero-order valence-electron chi connectivity index (χ0n) is 11.6. The first-order valence-electron chi connectivity index (χ1n) is 6.88. The van der Waals surface area contributed by atoms with Crippen molar-refractivity contribution in [3.63, 3.8) is 0 Å². The van der Waals surface area contributed by atoms with Crippen LogP contribution in [-0.4, -0.2) is 44.5 Å². The highest BCUT2D eigenvalue weighted by Crippen LogP contribution is 2.21. The molecule has 20 heavy (non-hydrogen) atoms. The lowest BCUT2D eigenvalue weighted by Crippen LogP contribution is -2.38. The maximum absolute atomic E-state index is 12.0. The summed E-state index contributed by atoms with van der Waals surface area (Å²) >= 11 is 0. The van der Waals surface area contributed by atoms with Crippen molar-refractivity contribution in [3.05, 3.63) is 28.7 Å². The molecular weight excluding hydrogens is 278 g/mol. The van der Waals surface area contributed by atoms with E-state index in [2.05, 4.69) is 14.6 Å². The average Bonchev–Trinajstić information content (AvgIpc) is 2.92. The predicted octanol–water partition coefficient (Wildman–Crippen LogP) is 0.528. The molecule has 1 aliphatic rings. The van der Waals surface area contributed by atoms with Crippen LogP contribution in [0.25, 0.3) is 0 Å². The summed E-state index contributed by atoms with van der Waals surface area (Å²) in [6, 6.07) is 1.76. The van der Waals surface area contributed by atoms with E-state index in [1.165, 1.54) is 44.1 Å². The Bertz CT molecular complexity index is 591. The molecule has 1 aromatic heterocycles. The standard InChI is InChI=1S/C13H21N3O3S/c1-16(11-4-2-3-5-11)9-8-15-20(18,19)13-10-14-7-6-12(13)17/h6-7,10-11,15H,2-5,8-9H2,1H3,(H,14,17). The molecule has 1 saturated carbocycles. The van der Waals surface area contributed by atoms with Gasteiger partial charge in [0.15, 0.2) is 0 Å². The van der Waals surface area contributed by atoms with E-state index in [1.54, 1.807) is 0 Å². The maximum atomic E-state index is 12.0. The van der Waals surface area contributed by atoms with Crippen LogP contribution in [0.1, 0.15) is 25.7 Å². The minimum Gasteiger partial charge on any atom is -0.366 e. The molecule has 112 valence electrons. The number of H-pyrrole nitrogens is 1. The third kappa shape index (κ3) is 3.68. The Kier molecular flexibility index (Phi) is 4.95. The molecule has 0 unspecified atom stereocenters. The molecule has 1 fully saturated rings. The lowest BCUT2D eigenvalue weighted by atomic mass is 10.2. The largest absolute Gasteiger partial charge is 0.366 e. The van der Waals surface area contributed by atoms with Gasteiger partial charge in [-0.3, -0.25) is 4.79 Å². The molecule has 0 saturated heterocycles. The van der Waals surface area contributed by atoms with Crippen LogP contribution in [0.2, 0.25) is 0 Å². The quantitative estimate of drug-likeness (QED) is 0.802. The molecule has 0 spiro atoms. The number of pyridine rings is 1. The van der Waals surface area contributed by atoms with Crippen LogP contribution in [0.4, 0.5) is 0 Å². The molecule has 6 nitrogen and oxygen atoms in total. The highest BCUT2D eigenvalue weighted by Gasteiger charge is 2.21. The summed E-state index contributed by atoms with van der Waals surface area (Å²) in [4.78, 5) is 16.1. The van der Waals surface area contributed by atoms with E-state index in [0.717, 1.165) is 0 Å². The van der Waals surface area contributed by atoms with Crippen LogP contribution in [-0.2, 0) is 10.0 Å². The number of aromatic nitrogens is 1. The van der Waals surface area contributed by atoms with Crippen molar-refractivity contribution in [2.75, 3.05) is 20.1 Å².